The Morgan fingerprint density at radius 3 is 2.58 bits per heavy atom. The molecule has 2 amide bonds. The van der Waals surface area contributed by atoms with Gasteiger partial charge in [-0.25, -0.2) is 0 Å². The summed E-state index contributed by atoms with van der Waals surface area (Å²) in [5, 5.41) is 3.64. The van der Waals surface area contributed by atoms with Crippen LogP contribution in [-0.4, -0.2) is 29.8 Å². The van der Waals surface area contributed by atoms with Crippen molar-refractivity contribution in [2.24, 2.45) is 5.92 Å². The van der Waals surface area contributed by atoms with Crippen molar-refractivity contribution in [2.45, 2.75) is 26.7 Å². The lowest BCUT2D eigenvalue weighted by atomic mass is 9.96. The van der Waals surface area contributed by atoms with Gasteiger partial charge < -0.3 is 10.2 Å². The van der Waals surface area contributed by atoms with E-state index in [0.29, 0.717) is 23.7 Å². The number of nitrogens with zero attached hydrogens (tertiary/aromatic N) is 1. The molecular formula is C21H23ClN2O2. The molecule has 3 rings (SSSR count). The fraction of sp³-hybridized carbons (Fsp3) is 0.333. The van der Waals surface area contributed by atoms with Crippen LogP contribution in [0.1, 0.15) is 34.3 Å². The van der Waals surface area contributed by atoms with Crippen LogP contribution in [0.2, 0.25) is 5.02 Å². The van der Waals surface area contributed by atoms with Gasteiger partial charge in [0.25, 0.3) is 5.91 Å². The summed E-state index contributed by atoms with van der Waals surface area (Å²) >= 11 is 5.89. The van der Waals surface area contributed by atoms with E-state index < -0.39 is 0 Å². The lowest BCUT2D eigenvalue weighted by Gasteiger charge is -2.32. The molecule has 1 heterocycles. The highest BCUT2D eigenvalue weighted by Gasteiger charge is 2.29. The van der Waals surface area contributed by atoms with Crippen LogP contribution in [0.5, 0.6) is 0 Å². The third-order valence-electron chi connectivity index (χ3n) is 4.82. The number of rotatable bonds is 3. The Morgan fingerprint density at radius 2 is 1.85 bits per heavy atom. The molecule has 26 heavy (non-hydrogen) atoms. The molecule has 1 N–H and O–H groups in total. The maximum atomic E-state index is 12.7. The van der Waals surface area contributed by atoms with Crippen molar-refractivity contribution >= 4 is 29.1 Å². The van der Waals surface area contributed by atoms with Crippen LogP contribution in [0.4, 0.5) is 5.69 Å². The average molecular weight is 371 g/mol. The Kier molecular flexibility index (Phi) is 5.62. The number of hydrogen-bond donors (Lipinski definition) is 1. The highest BCUT2D eigenvalue weighted by molar-refractivity contribution is 6.30. The van der Waals surface area contributed by atoms with Crippen molar-refractivity contribution in [1.82, 2.24) is 4.90 Å². The number of aryl methyl sites for hydroxylation is 2. The lowest BCUT2D eigenvalue weighted by Crippen LogP contribution is -2.43. The largest absolute Gasteiger partial charge is 0.338 e. The van der Waals surface area contributed by atoms with Gasteiger partial charge in [0.05, 0.1) is 5.92 Å². The summed E-state index contributed by atoms with van der Waals surface area (Å²) < 4.78 is 0. The minimum Gasteiger partial charge on any atom is -0.338 e. The number of halogens is 1. The second-order valence-corrected chi connectivity index (χ2v) is 7.34. The fourth-order valence-electron chi connectivity index (χ4n) is 3.26. The number of nitrogens with one attached hydrogen (secondary N) is 1. The van der Waals surface area contributed by atoms with Crippen LogP contribution in [0, 0.1) is 19.8 Å². The number of carbonyl (C=O) groups is 2. The second-order valence-electron chi connectivity index (χ2n) is 6.90. The zero-order valence-corrected chi connectivity index (χ0v) is 15.8. The second kappa shape index (κ2) is 7.92. The molecule has 1 aliphatic rings. The van der Waals surface area contributed by atoms with Gasteiger partial charge in [0.2, 0.25) is 5.91 Å². The molecule has 1 saturated heterocycles. The van der Waals surface area contributed by atoms with E-state index in [4.69, 9.17) is 11.6 Å². The SMILES string of the molecule is Cc1ccc(C)c(NC(=O)C2CCCN(C(=O)c3ccc(Cl)cc3)C2)c1. The number of likely N-dealkylation sites (tertiary alicyclic amines) is 1. The van der Waals surface area contributed by atoms with Crippen LogP contribution in [0.3, 0.4) is 0 Å². The lowest BCUT2D eigenvalue weighted by molar-refractivity contribution is -0.121. The maximum absolute atomic E-state index is 12.7. The minimum absolute atomic E-state index is 0.0210. The molecule has 0 aromatic heterocycles. The Labute approximate surface area is 159 Å². The molecule has 1 atom stereocenters. The van der Waals surface area contributed by atoms with Gasteiger partial charge >= 0.3 is 0 Å². The summed E-state index contributed by atoms with van der Waals surface area (Å²) in [7, 11) is 0. The van der Waals surface area contributed by atoms with Gasteiger partial charge in [-0.15, -0.1) is 0 Å². The molecule has 0 radical (unpaired) electrons. The van der Waals surface area contributed by atoms with Crippen LogP contribution in [-0.2, 0) is 4.79 Å². The molecule has 1 unspecified atom stereocenters. The zero-order valence-electron chi connectivity index (χ0n) is 15.1. The van der Waals surface area contributed by atoms with Gasteiger partial charge in [-0.1, -0.05) is 23.7 Å². The van der Waals surface area contributed by atoms with Crippen LogP contribution < -0.4 is 5.32 Å². The third kappa shape index (κ3) is 4.25. The molecule has 1 fully saturated rings. The van der Waals surface area contributed by atoms with Crippen molar-refractivity contribution in [1.29, 1.82) is 0 Å². The number of hydrogen-bond acceptors (Lipinski definition) is 2. The Bertz CT molecular complexity index is 817. The van der Waals surface area contributed by atoms with Gasteiger partial charge in [-0.3, -0.25) is 9.59 Å². The standard InChI is InChI=1S/C21H23ClN2O2/c1-14-5-6-15(2)19(12-14)23-20(25)17-4-3-11-24(13-17)21(26)16-7-9-18(22)10-8-16/h5-10,12,17H,3-4,11,13H2,1-2H3,(H,23,25). The first kappa shape index (κ1) is 18.5. The van der Waals surface area contributed by atoms with E-state index in [1.54, 1.807) is 29.2 Å². The van der Waals surface area contributed by atoms with Crippen molar-refractivity contribution in [3.63, 3.8) is 0 Å². The summed E-state index contributed by atoms with van der Waals surface area (Å²) in [5.74, 6) is -0.266. The first-order valence-electron chi connectivity index (χ1n) is 8.87. The van der Waals surface area contributed by atoms with Crippen molar-refractivity contribution in [3.05, 3.63) is 64.2 Å². The van der Waals surface area contributed by atoms with E-state index in [0.717, 1.165) is 29.7 Å². The highest BCUT2D eigenvalue weighted by Crippen LogP contribution is 2.23. The molecule has 136 valence electrons. The average Bonchev–Trinajstić information content (AvgIpc) is 2.65. The predicted octanol–water partition coefficient (Wildman–Crippen LogP) is 4.45. The van der Waals surface area contributed by atoms with Crippen LogP contribution in [0.15, 0.2) is 42.5 Å². The van der Waals surface area contributed by atoms with Crippen LogP contribution >= 0.6 is 11.6 Å². The molecule has 0 spiro atoms. The zero-order chi connectivity index (χ0) is 18.7. The fourth-order valence-corrected chi connectivity index (χ4v) is 3.38. The highest BCUT2D eigenvalue weighted by atomic mass is 35.5. The van der Waals surface area contributed by atoms with Gasteiger partial charge in [-0.2, -0.15) is 0 Å². The van der Waals surface area contributed by atoms with Crippen molar-refractivity contribution in [2.75, 3.05) is 18.4 Å². The first-order chi connectivity index (χ1) is 12.4. The number of carbonyl (C=O) groups excluding carboxylic acids is 2. The molecule has 0 aliphatic carbocycles. The minimum atomic E-state index is -0.195. The smallest absolute Gasteiger partial charge is 0.253 e. The van der Waals surface area contributed by atoms with E-state index >= 15 is 0 Å². The van der Waals surface area contributed by atoms with Gasteiger partial charge in [0.15, 0.2) is 0 Å². The first-order valence-corrected chi connectivity index (χ1v) is 9.25. The summed E-state index contributed by atoms with van der Waals surface area (Å²) in [6, 6.07) is 12.9. The normalized spacial score (nSPS) is 17.0. The van der Waals surface area contributed by atoms with Gasteiger partial charge in [0.1, 0.15) is 0 Å². The molecule has 0 saturated carbocycles. The van der Waals surface area contributed by atoms with E-state index in [9.17, 15) is 9.59 Å². The summed E-state index contributed by atoms with van der Waals surface area (Å²) in [6.07, 6.45) is 1.62. The van der Waals surface area contributed by atoms with E-state index in [2.05, 4.69) is 5.32 Å². The van der Waals surface area contributed by atoms with E-state index in [1.165, 1.54) is 0 Å². The predicted molar refractivity (Wildman–Crippen MR) is 105 cm³/mol. The number of piperidine rings is 1. The molecular weight excluding hydrogens is 348 g/mol. The molecule has 5 heteroatoms. The summed E-state index contributed by atoms with van der Waals surface area (Å²) in [5.41, 5.74) is 3.59. The summed E-state index contributed by atoms with van der Waals surface area (Å²) in [4.78, 5) is 27.2. The summed E-state index contributed by atoms with van der Waals surface area (Å²) in [6.45, 7) is 5.10. The number of benzene rings is 2. The number of amides is 2. The van der Waals surface area contributed by atoms with Gasteiger partial charge in [0, 0.05) is 29.4 Å². The Balaban J connectivity index is 1.67. The third-order valence-corrected chi connectivity index (χ3v) is 5.07. The van der Waals surface area contributed by atoms with Crippen molar-refractivity contribution < 1.29 is 9.59 Å². The maximum Gasteiger partial charge on any atom is 0.253 e. The Morgan fingerprint density at radius 1 is 1.12 bits per heavy atom. The van der Waals surface area contributed by atoms with Crippen LogP contribution in [0.25, 0.3) is 0 Å². The molecule has 4 nitrogen and oxygen atoms in total. The van der Waals surface area contributed by atoms with E-state index in [1.807, 2.05) is 32.0 Å². The van der Waals surface area contributed by atoms with E-state index in [-0.39, 0.29) is 17.7 Å². The molecule has 2 aromatic rings. The molecule has 2 aromatic carbocycles. The molecule has 1 aliphatic heterocycles. The number of anilines is 1. The topological polar surface area (TPSA) is 49.4 Å². The monoisotopic (exact) mass is 370 g/mol. The van der Waals surface area contributed by atoms with Gasteiger partial charge in [-0.05, 0) is 68.1 Å². The Hall–Kier alpha value is -2.33. The molecule has 0 bridgehead atoms. The van der Waals surface area contributed by atoms with Crippen molar-refractivity contribution in [3.8, 4) is 0 Å². The quantitative estimate of drug-likeness (QED) is 0.867.